The van der Waals surface area contributed by atoms with Gasteiger partial charge >= 0.3 is 0 Å². The van der Waals surface area contributed by atoms with E-state index >= 15 is 0 Å². The Bertz CT molecular complexity index is 641. The Morgan fingerprint density at radius 1 is 1.24 bits per heavy atom. The molecule has 1 aromatic carbocycles. The first-order chi connectivity index (χ1) is 8.22. The smallest absolute Gasteiger partial charge is 0.246 e. The average Bonchev–Trinajstić information content (AvgIpc) is 2.90. The van der Waals surface area contributed by atoms with Crippen molar-refractivity contribution in [3.8, 4) is 11.3 Å². The quantitative estimate of drug-likeness (QED) is 0.638. The first-order valence-electron chi connectivity index (χ1n) is 5.49. The minimum atomic E-state index is -0.107. The summed E-state index contributed by atoms with van der Waals surface area (Å²) < 4.78 is 1.26. The molecule has 0 spiro atoms. The molecule has 0 fully saturated rings. The Balaban J connectivity index is 2.20. The number of hydrogen-bond acceptors (Lipinski definition) is 3. The fraction of sp³-hybridized carbons (Fsp3) is 0.154. The summed E-state index contributed by atoms with van der Waals surface area (Å²) in [4.78, 5) is 23.6. The SMILES string of the molecule is CCC(=O)n1cc2c(n1)-c1ccccc1C2=O. The molecule has 2 aromatic rings. The number of ketones is 1. The zero-order chi connectivity index (χ0) is 12.0. The van der Waals surface area contributed by atoms with E-state index in [2.05, 4.69) is 5.10 Å². The van der Waals surface area contributed by atoms with Gasteiger partial charge in [0.15, 0.2) is 5.78 Å². The van der Waals surface area contributed by atoms with Crippen molar-refractivity contribution in [2.75, 3.05) is 0 Å². The van der Waals surface area contributed by atoms with E-state index < -0.39 is 0 Å². The van der Waals surface area contributed by atoms with Gasteiger partial charge in [-0.05, 0) is 0 Å². The van der Waals surface area contributed by atoms with E-state index in [1.165, 1.54) is 10.9 Å². The summed E-state index contributed by atoms with van der Waals surface area (Å²) in [5, 5.41) is 4.20. The zero-order valence-electron chi connectivity index (χ0n) is 9.30. The molecular formula is C13H10N2O2. The summed E-state index contributed by atoms with van der Waals surface area (Å²) >= 11 is 0. The molecule has 0 bridgehead atoms. The van der Waals surface area contributed by atoms with Gasteiger partial charge in [0.2, 0.25) is 5.91 Å². The molecule has 0 N–H and O–H groups in total. The predicted octanol–water partition coefficient (Wildman–Crippen LogP) is 2.14. The first kappa shape index (κ1) is 9.96. The van der Waals surface area contributed by atoms with Crippen LogP contribution in [0.15, 0.2) is 30.5 Å². The average molecular weight is 226 g/mol. The topological polar surface area (TPSA) is 52.0 Å². The van der Waals surface area contributed by atoms with Crippen LogP contribution in [-0.2, 0) is 0 Å². The molecule has 0 radical (unpaired) electrons. The molecule has 84 valence electrons. The maximum absolute atomic E-state index is 12.0. The van der Waals surface area contributed by atoms with Crippen molar-refractivity contribution >= 4 is 11.7 Å². The second kappa shape index (κ2) is 3.38. The number of nitrogens with zero attached hydrogens (tertiary/aromatic N) is 2. The van der Waals surface area contributed by atoms with Crippen LogP contribution < -0.4 is 0 Å². The van der Waals surface area contributed by atoms with Crippen LogP contribution in [0.1, 0.15) is 34.1 Å². The maximum atomic E-state index is 12.0. The molecule has 0 amide bonds. The van der Waals surface area contributed by atoms with E-state index in [-0.39, 0.29) is 11.7 Å². The van der Waals surface area contributed by atoms with Crippen molar-refractivity contribution < 1.29 is 9.59 Å². The second-order valence-corrected chi connectivity index (χ2v) is 3.96. The lowest BCUT2D eigenvalue weighted by molar-refractivity contribution is 0.0893. The monoisotopic (exact) mass is 226 g/mol. The third-order valence-electron chi connectivity index (χ3n) is 2.94. The highest BCUT2D eigenvalue weighted by molar-refractivity contribution is 6.21. The fourth-order valence-electron chi connectivity index (χ4n) is 2.06. The van der Waals surface area contributed by atoms with Crippen molar-refractivity contribution in [2.45, 2.75) is 13.3 Å². The second-order valence-electron chi connectivity index (χ2n) is 3.96. The summed E-state index contributed by atoms with van der Waals surface area (Å²) in [7, 11) is 0. The van der Waals surface area contributed by atoms with E-state index in [1.54, 1.807) is 13.0 Å². The number of rotatable bonds is 1. The Kier molecular flexibility index (Phi) is 1.98. The lowest BCUT2D eigenvalue weighted by atomic mass is 10.1. The normalized spacial score (nSPS) is 12.4. The van der Waals surface area contributed by atoms with Gasteiger partial charge in [0.1, 0.15) is 5.69 Å². The summed E-state index contributed by atoms with van der Waals surface area (Å²) in [5.74, 6) is -0.157. The molecule has 1 aliphatic rings. The number of hydrogen-bond donors (Lipinski definition) is 0. The van der Waals surface area contributed by atoms with Crippen LogP contribution in [0, 0.1) is 0 Å². The molecule has 4 heteroatoms. The molecule has 4 nitrogen and oxygen atoms in total. The molecule has 0 unspecified atom stereocenters. The minimum Gasteiger partial charge on any atom is -0.288 e. The molecule has 1 aliphatic carbocycles. The van der Waals surface area contributed by atoms with Gasteiger partial charge in [-0.1, -0.05) is 31.2 Å². The molecule has 17 heavy (non-hydrogen) atoms. The highest BCUT2D eigenvalue weighted by Crippen LogP contribution is 2.34. The standard InChI is InChI=1S/C13H10N2O2/c1-2-11(16)15-7-10-12(14-15)8-5-3-4-6-9(8)13(10)17/h3-7H,2H2,1H3. The molecule has 1 heterocycles. The van der Waals surface area contributed by atoms with Crippen molar-refractivity contribution in [3.05, 3.63) is 41.6 Å². The summed E-state index contributed by atoms with van der Waals surface area (Å²) in [5.41, 5.74) is 2.62. The van der Waals surface area contributed by atoms with Crippen LogP contribution in [0.25, 0.3) is 11.3 Å². The predicted molar refractivity (Wildman–Crippen MR) is 62.0 cm³/mol. The third-order valence-corrected chi connectivity index (χ3v) is 2.94. The number of carbonyl (C=O) groups is 2. The minimum absolute atomic E-state index is 0.0502. The number of benzene rings is 1. The largest absolute Gasteiger partial charge is 0.288 e. The van der Waals surface area contributed by atoms with Crippen LogP contribution in [-0.4, -0.2) is 21.5 Å². The van der Waals surface area contributed by atoms with Crippen LogP contribution in [0.2, 0.25) is 0 Å². The van der Waals surface area contributed by atoms with Gasteiger partial charge in [-0.2, -0.15) is 5.10 Å². The third kappa shape index (κ3) is 1.27. The van der Waals surface area contributed by atoms with E-state index in [0.29, 0.717) is 23.2 Å². The van der Waals surface area contributed by atoms with Gasteiger partial charge in [0.25, 0.3) is 0 Å². The molecule has 0 aliphatic heterocycles. The number of fused-ring (bicyclic) bond motifs is 3. The summed E-state index contributed by atoms with van der Waals surface area (Å²) in [6, 6.07) is 7.33. The molecule has 0 saturated carbocycles. The van der Waals surface area contributed by atoms with Crippen molar-refractivity contribution in [3.63, 3.8) is 0 Å². The summed E-state index contributed by atoms with van der Waals surface area (Å²) in [6.07, 6.45) is 1.90. The zero-order valence-corrected chi connectivity index (χ0v) is 9.30. The van der Waals surface area contributed by atoms with Crippen molar-refractivity contribution in [1.82, 2.24) is 9.78 Å². The fourth-order valence-corrected chi connectivity index (χ4v) is 2.06. The Morgan fingerprint density at radius 2 is 1.94 bits per heavy atom. The number of aromatic nitrogens is 2. The highest BCUT2D eigenvalue weighted by atomic mass is 16.2. The van der Waals surface area contributed by atoms with Gasteiger partial charge in [0.05, 0.1) is 5.56 Å². The first-order valence-corrected chi connectivity index (χ1v) is 5.49. The van der Waals surface area contributed by atoms with Crippen molar-refractivity contribution in [1.29, 1.82) is 0 Å². The van der Waals surface area contributed by atoms with Gasteiger partial charge < -0.3 is 0 Å². The van der Waals surface area contributed by atoms with Crippen LogP contribution in [0.3, 0.4) is 0 Å². The lowest BCUT2D eigenvalue weighted by Gasteiger charge is -1.98. The number of carbonyl (C=O) groups excluding carboxylic acids is 2. The van der Waals surface area contributed by atoms with Gasteiger partial charge in [0, 0.05) is 23.7 Å². The Labute approximate surface area is 97.9 Å². The van der Waals surface area contributed by atoms with Crippen LogP contribution in [0.5, 0.6) is 0 Å². The maximum Gasteiger partial charge on any atom is 0.246 e. The summed E-state index contributed by atoms with van der Waals surface area (Å²) in [6.45, 7) is 1.77. The lowest BCUT2D eigenvalue weighted by Crippen LogP contribution is -2.10. The van der Waals surface area contributed by atoms with Gasteiger partial charge in [-0.3, -0.25) is 9.59 Å². The van der Waals surface area contributed by atoms with Gasteiger partial charge in [-0.15, -0.1) is 0 Å². The van der Waals surface area contributed by atoms with Crippen molar-refractivity contribution in [2.24, 2.45) is 0 Å². The van der Waals surface area contributed by atoms with E-state index in [4.69, 9.17) is 0 Å². The highest BCUT2D eigenvalue weighted by Gasteiger charge is 2.30. The van der Waals surface area contributed by atoms with E-state index in [0.717, 1.165) is 5.56 Å². The van der Waals surface area contributed by atoms with Crippen LogP contribution in [0.4, 0.5) is 0 Å². The molecule has 3 rings (SSSR count). The Morgan fingerprint density at radius 3 is 2.65 bits per heavy atom. The molecule has 0 saturated heterocycles. The molecular weight excluding hydrogens is 216 g/mol. The molecule has 0 atom stereocenters. The van der Waals surface area contributed by atoms with E-state index in [1.807, 2.05) is 18.2 Å². The van der Waals surface area contributed by atoms with Crippen LogP contribution >= 0.6 is 0 Å². The van der Waals surface area contributed by atoms with Gasteiger partial charge in [-0.25, -0.2) is 4.68 Å². The Hall–Kier alpha value is -2.23. The van der Waals surface area contributed by atoms with E-state index in [9.17, 15) is 9.59 Å². The molecule has 1 aromatic heterocycles.